The van der Waals surface area contributed by atoms with Crippen LogP contribution in [0.2, 0.25) is 0 Å². The van der Waals surface area contributed by atoms with Crippen LogP contribution in [0.5, 0.6) is 0 Å². The maximum absolute atomic E-state index is 4.30. The van der Waals surface area contributed by atoms with Gasteiger partial charge in [-0.05, 0) is 31.9 Å². The predicted molar refractivity (Wildman–Crippen MR) is 61.0 cm³/mol. The molecule has 0 saturated heterocycles. The van der Waals surface area contributed by atoms with Gasteiger partial charge in [-0.15, -0.1) is 21.5 Å². The first-order chi connectivity index (χ1) is 7.34. The molecular formula is C11H13N3S. The highest BCUT2D eigenvalue weighted by atomic mass is 32.1. The summed E-state index contributed by atoms with van der Waals surface area (Å²) in [6, 6.07) is 4.29. The second-order valence-corrected chi connectivity index (χ2v) is 5.25. The Labute approximate surface area is 92.8 Å². The zero-order chi connectivity index (χ0) is 10.3. The van der Waals surface area contributed by atoms with Gasteiger partial charge in [0.05, 0.1) is 4.88 Å². The molecule has 0 aromatic carbocycles. The summed E-state index contributed by atoms with van der Waals surface area (Å²) in [5.74, 6) is 2.21. The summed E-state index contributed by atoms with van der Waals surface area (Å²) < 4.78 is 2.27. The first-order valence-corrected chi connectivity index (χ1v) is 6.15. The Kier molecular flexibility index (Phi) is 2.09. The van der Waals surface area contributed by atoms with Crippen LogP contribution >= 0.6 is 11.3 Å². The minimum absolute atomic E-state index is 1.06. The molecule has 2 aromatic heterocycles. The molecule has 0 amide bonds. The highest BCUT2D eigenvalue weighted by Gasteiger charge is 2.17. The lowest BCUT2D eigenvalue weighted by molar-refractivity contribution is 0.526. The number of thiophene rings is 1. The highest BCUT2D eigenvalue weighted by molar-refractivity contribution is 7.15. The van der Waals surface area contributed by atoms with Gasteiger partial charge in [0, 0.05) is 17.8 Å². The van der Waals surface area contributed by atoms with Gasteiger partial charge in [-0.25, -0.2) is 0 Å². The van der Waals surface area contributed by atoms with Gasteiger partial charge in [-0.2, -0.15) is 0 Å². The van der Waals surface area contributed by atoms with Gasteiger partial charge < -0.3 is 4.57 Å². The van der Waals surface area contributed by atoms with Gasteiger partial charge in [0.2, 0.25) is 0 Å². The van der Waals surface area contributed by atoms with Crippen molar-refractivity contribution in [2.24, 2.45) is 0 Å². The van der Waals surface area contributed by atoms with Gasteiger partial charge in [-0.1, -0.05) is 0 Å². The van der Waals surface area contributed by atoms with E-state index in [1.165, 1.54) is 22.6 Å². The summed E-state index contributed by atoms with van der Waals surface area (Å²) in [6.07, 6.45) is 3.58. The molecule has 1 aliphatic rings. The van der Waals surface area contributed by atoms with Crippen LogP contribution < -0.4 is 0 Å². The van der Waals surface area contributed by atoms with Crippen molar-refractivity contribution in [3.63, 3.8) is 0 Å². The van der Waals surface area contributed by atoms with Crippen molar-refractivity contribution in [1.82, 2.24) is 14.8 Å². The molecule has 4 heteroatoms. The van der Waals surface area contributed by atoms with E-state index in [2.05, 4.69) is 33.8 Å². The zero-order valence-corrected chi connectivity index (χ0v) is 9.55. The normalized spacial score (nSPS) is 15.3. The number of nitrogens with zero attached hydrogens (tertiary/aromatic N) is 3. The van der Waals surface area contributed by atoms with E-state index in [1.807, 2.05) is 0 Å². The first kappa shape index (κ1) is 9.09. The first-order valence-electron chi connectivity index (χ1n) is 5.33. The fourth-order valence-corrected chi connectivity index (χ4v) is 2.91. The quantitative estimate of drug-likeness (QED) is 0.738. The van der Waals surface area contributed by atoms with Gasteiger partial charge in [0.1, 0.15) is 5.82 Å². The third-order valence-electron chi connectivity index (χ3n) is 2.82. The molecule has 0 unspecified atom stereocenters. The molecule has 0 radical (unpaired) electrons. The summed E-state index contributed by atoms with van der Waals surface area (Å²) in [7, 11) is 0. The van der Waals surface area contributed by atoms with E-state index in [0.29, 0.717) is 0 Å². The van der Waals surface area contributed by atoms with E-state index in [9.17, 15) is 0 Å². The third kappa shape index (κ3) is 1.49. The summed E-state index contributed by atoms with van der Waals surface area (Å²) >= 11 is 1.79. The van der Waals surface area contributed by atoms with Crippen LogP contribution in [0.4, 0.5) is 0 Å². The van der Waals surface area contributed by atoms with Crippen LogP contribution in [0.25, 0.3) is 10.7 Å². The molecule has 1 aliphatic heterocycles. The van der Waals surface area contributed by atoms with Crippen molar-refractivity contribution in [3.8, 4) is 10.7 Å². The molecule has 0 fully saturated rings. The van der Waals surface area contributed by atoms with E-state index in [-0.39, 0.29) is 0 Å². The Morgan fingerprint density at radius 3 is 3.00 bits per heavy atom. The van der Waals surface area contributed by atoms with Crippen molar-refractivity contribution in [2.45, 2.75) is 32.7 Å². The fraction of sp³-hybridized carbons (Fsp3) is 0.455. The number of hydrogen-bond donors (Lipinski definition) is 0. The Bertz CT molecular complexity index is 484. The lowest BCUT2D eigenvalue weighted by Crippen LogP contribution is -2.11. The maximum atomic E-state index is 4.30. The topological polar surface area (TPSA) is 30.7 Å². The minimum atomic E-state index is 1.06. The number of hydrogen-bond acceptors (Lipinski definition) is 3. The molecule has 3 rings (SSSR count). The maximum Gasteiger partial charge on any atom is 0.174 e. The van der Waals surface area contributed by atoms with Crippen molar-refractivity contribution in [2.75, 3.05) is 0 Å². The molecule has 3 heterocycles. The third-order valence-corrected chi connectivity index (χ3v) is 3.82. The van der Waals surface area contributed by atoms with Crippen molar-refractivity contribution < 1.29 is 0 Å². The molecule has 0 aliphatic carbocycles. The molecule has 0 N–H and O–H groups in total. The molecule has 0 saturated carbocycles. The van der Waals surface area contributed by atoms with E-state index < -0.39 is 0 Å². The van der Waals surface area contributed by atoms with Crippen molar-refractivity contribution in [3.05, 3.63) is 22.8 Å². The van der Waals surface area contributed by atoms with E-state index in [4.69, 9.17) is 0 Å². The molecule has 2 aromatic rings. The van der Waals surface area contributed by atoms with E-state index in [0.717, 1.165) is 24.6 Å². The summed E-state index contributed by atoms with van der Waals surface area (Å²) in [6.45, 7) is 3.20. The molecule has 3 nitrogen and oxygen atoms in total. The molecule has 0 bridgehead atoms. The van der Waals surface area contributed by atoms with Crippen molar-refractivity contribution in [1.29, 1.82) is 0 Å². The standard InChI is InChI=1S/C11H13N3S/c1-8-5-6-9(15-8)11-13-12-10-4-2-3-7-14(10)11/h5-6H,2-4,7H2,1H3. The van der Waals surface area contributed by atoms with Gasteiger partial charge >= 0.3 is 0 Å². The monoisotopic (exact) mass is 219 g/mol. The van der Waals surface area contributed by atoms with Crippen molar-refractivity contribution >= 4 is 11.3 Å². The lowest BCUT2D eigenvalue weighted by atomic mass is 10.1. The molecular weight excluding hydrogens is 206 g/mol. The summed E-state index contributed by atoms with van der Waals surface area (Å²) in [4.78, 5) is 2.58. The van der Waals surface area contributed by atoms with Crippen LogP contribution in [-0.2, 0) is 13.0 Å². The van der Waals surface area contributed by atoms with Gasteiger partial charge in [0.15, 0.2) is 5.82 Å². The Balaban J connectivity index is 2.08. The number of rotatable bonds is 1. The highest BCUT2D eigenvalue weighted by Crippen LogP contribution is 2.28. The number of aryl methyl sites for hydroxylation is 2. The molecule has 0 atom stereocenters. The van der Waals surface area contributed by atoms with Crippen LogP contribution in [-0.4, -0.2) is 14.8 Å². The smallest absolute Gasteiger partial charge is 0.174 e. The second-order valence-electron chi connectivity index (χ2n) is 3.96. The zero-order valence-electron chi connectivity index (χ0n) is 8.73. The van der Waals surface area contributed by atoms with E-state index >= 15 is 0 Å². The van der Waals surface area contributed by atoms with E-state index in [1.54, 1.807) is 11.3 Å². The average molecular weight is 219 g/mol. The Morgan fingerprint density at radius 1 is 1.27 bits per heavy atom. The van der Waals surface area contributed by atoms with Crippen LogP contribution in [0.15, 0.2) is 12.1 Å². The van der Waals surface area contributed by atoms with Gasteiger partial charge in [-0.3, -0.25) is 0 Å². The minimum Gasteiger partial charge on any atom is -0.310 e. The second kappa shape index (κ2) is 3.45. The molecule has 15 heavy (non-hydrogen) atoms. The van der Waals surface area contributed by atoms with Crippen LogP contribution in [0, 0.1) is 6.92 Å². The average Bonchev–Trinajstić information content (AvgIpc) is 2.83. The van der Waals surface area contributed by atoms with Crippen LogP contribution in [0.1, 0.15) is 23.5 Å². The molecule has 0 spiro atoms. The van der Waals surface area contributed by atoms with Crippen LogP contribution in [0.3, 0.4) is 0 Å². The largest absolute Gasteiger partial charge is 0.310 e. The fourth-order valence-electron chi connectivity index (χ4n) is 2.05. The number of aromatic nitrogens is 3. The predicted octanol–water partition coefficient (Wildman–Crippen LogP) is 2.65. The molecule has 78 valence electrons. The SMILES string of the molecule is Cc1ccc(-c2nnc3n2CCCC3)s1. The Morgan fingerprint density at radius 2 is 2.20 bits per heavy atom. The number of fused-ring (bicyclic) bond motifs is 1. The summed E-state index contributed by atoms with van der Waals surface area (Å²) in [5.41, 5.74) is 0. The lowest BCUT2D eigenvalue weighted by Gasteiger charge is -2.13. The van der Waals surface area contributed by atoms with Gasteiger partial charge in [0.25, 0.3) is 0 Å². The summed E-state index contributed by atoms with van der Waals surface area (Å²) in [5, 5.41) is 8.57. The Hall–Kier alpha value is -1.16.